The molecule has 5 rings (SSSR count). The Morgan fingerprint density at radius 1 is 1.33 bits per heavy atom. The predicted molar refractivity (Wildman–Crippen MR) is 128 cm³/mol. The van der Waals surface area contributed by atoms with Gasteiger partial charge in [-0.05, 0) is 44.4 Å². The maximum atomic E-state index is 13.1. The Morgan fingerprint density at radius 3 is 2.86 bits per heavy atom. The summed E-state index contributed by atoms with van der Waals surface area (Å²) < 4.78 is 61.3. The van der Waals surface area contributed by atoms with Gasteiger partial charge in [-0.2, -0.15) is 13.9 Å². The third-order valence-corrected chi connectivity index (χ3v) is 8.45. The SMILES string of the molecule is C[C@]1(NC(=O)c2cnc3c(-c4cccc(OC(F)F)c4)nn(C4CCCOC4)c3c2)CCS(=O)(=O)C1. The van der Waals surface area contributed by atoms with Crippen molar-refractivity contribution in [2.24, 2.45) is 0 Å². The van der Waals surface area contributed by atoms with Crippen molar-refractivity contribution in [1.29, 1.82) is 0 Å². The standard InChI is InChI=1S/C24H26F2N4O5S/c1-24(7-9-36(32,33)14-24)28-22(31)16-11-19-21(27-12-16)20(29-30(19)17-5-3-8-34-13-17)15-4-2-6-18(10-15)35-23(25)26/h2,4,6,10-12,17,23H,3,5,7-9,13-14H2,1H3,(H,28,31)/t17?,24-/m0/s1. The largest absolute Gasteiger partial charge is 0.435 e. The number of fused-ring (bicyclic) bond motifs is 1. The number of halogens is 2. The number of nitrogens with zero attached hydrogens (tertiary/aromatic N) is 3. The van der Waals surface area contributed by atoms with Gasteiger partial charge in [0.05, 0.1) is 40.8 Å². The molecule has 9 nitrogen and oxygen atoms in total. The van der Waals surface area contributed by atoms with Crippen LogP contribution in [0.25, 0.3) is 22.3 Å². The van der Waals surface area contributed by atoms with Gasteiger partial charge in [0.15, 0.2) is 9.84 Å². The zero-order valence-electron chi connectivity index (χ0n) is 19.6. The van der Waals surface area contributed by atoms with E-state index in [1.807, 2.05) is 0 Å². The van der Waals surface area contributed by atoms with E-state index in [1.54, 1.807) is 29.8 Å². The van der Waals surface area contributed by atoms with Crippen LogP contribution in [0.2, 0.25) is 0 Å². The average molecular weight is 521 g/mol. The van der Waals surface area contributed by atoms with Gasteiger partial charge in [-0.1, -0.05) is 12.1 Å². The van der Waals surface area contributed by atoms with Crippen LogP contribution in [0.1, 0.15) is 42.6 Å². The quantitative estimate of drug-likeness (QED) is 0.530. The predicted octanol–water partition coefficient (Wildman–Crippen LogP) is 3.36. The van der Waals surface area contributed by atoms with Gasteiger partial charge in [0.1, 0.15) is 17.0 Å². The lowest BCUT2D eigenvalue weighted by Gasteiger charge is -2.24. The summed E-state index contributed by atoms with van der Waals surface area (Å²) in [6.45, 7) is -0.137. The van der Waals surface area contributed by atoms with Crippen molar-refractivity contribution in [3.8, 4) is 17.0 Å². The van der Waals surface area contributed by atoms with Gasteiger partial charge in [0.2, 0.25) is 0 Å². The first-order valence-corrected chi connectivity index (χ1v) is 13.5. The number of hydrogen-bond donors (Lipinski definition) is 1. The van der Waals surface area contributed by atoms with E-state index in [2.05, 4.69) is 15.0 Å². The van der Waals surface area contributed by atoms with Crippen molar-refractivity contribution >= 4 is 26.8 Å². The van der Waals surface area contributed by atoms with Gasteiger partial charge in [-0.25, -0.2) is 8.42 Å². The van der Waals surface area contributed by atoms with Crippen LogP contribution in [-0.2, 0) is 14.6 Å². The number of amides is 1. The fraction of sp³-hybridized carbons (Fsp3) is 0.458. The van der Waals surface area contributed by atoms with E-state index >= 15 is 0 Å². The van der Waals surface area contributed by atoms with Gasteiger partial charge in [-0.3, -0.25) is 14.5 Å². The average Bonchev–Trinajstić information content (AvgIpc) is 3.35. The number of rotatable bonds is 6. The highest BCUT2D eigenvalue weighted by molar-refractivity contribution is 7.91. The van der Waals surface area contributed by atoms with Gasteiger partial charge >= 0.3 is 6.61 Å². The lowest BCUT2D eigenvalue weighted by molar-refractivity contribution is -0.0498. The van der Waals surface area contributed by atoms with Gasteiger partial charge in [0, 0.05) is 18.4 Å². The number of carbonyl (C=O) groups excluding carboxylic acids is 1. The van der Waals surface area contributed by atoms with Crippen molar-refractivity contribution in [3.63, 3.8) is 0 Å². The fourth-order valence-corrected chi connectivity index (χ4v) is 6.90. The summed E-state index contributed by atoms with van der Waals surface area (Å²) >= 11 is 0. The molecule has 2 aliphatic rings. The molecule has 192 valence electrons. The smallest absolute Gasteiger partial charge is 0.387 e. The number of alkyl halides is 2. The molecule has 0 aliphatic carbocycles. The first kappa shape index (κ1) is 24.6. The van der Waals surface area contributed by atoms with Crippen LogP contribution in [0.15, 0.2) is 36.5 Å². The molecule has 2 fully saturated rings. The Kier molecular flexibility index (Phi) is 6.41. The highest BCUT2D eigenvalue weighted by Gasteiger charge is 2.39. The summed E-state index contributed by atoms with van der Waals surface area (Å²) in [4.78, 5) is 17.6. The topological polar surface area (TPSA) is 112 Å². The Labute approximate surface area is 206 Å². The minimum Gasteiger partial charge on any atom is -0.435 e. The minimum absolute atomic E-state index is 0.00181. The van der Waals surface area contributed by atoms with Gasteiger partial charge in [0.25, 0.3) is 5.91 Å². The van der Waals surface area contributed by atoms with Crippen molar-refractivity contribution in [3.05, 3.63) is 42.1 Å². The molecule has 0 bridgehead atoms. The summed E-state index contributed by atoms with van der Waals surface area (Å²) in [5, 5.41) is 7.61. The Hall–Kier alpha value is -3.12. The molecule has 1 amide bonds. The number of sulfone groups is 1. The number of carbonyl (C=O) groups is 1. The zero-order chi connectivity index (χ0) is 25.5. The molecule has 0 radical (unpaired) electrons. The molecule has 0 spiro atoms. The van der Waals surface area contributed by atoms with E-state index in [9.17, 15) is 22.0 Å². The molecule has 2 saturated heterocycles. The Morgan fingerprint density at radius 2 is 2.17 bits per heavy atom. The normalized spacial score (nSPS) is 23.7. The number of benzene rings is 1. The molecule has 36 heavy (non-hydrogen) atoms. The zero-order valence-corrected chi connectivity index (χ0v) is 20.4. The van der Waals surface area contributed by atoms with Crippen LogP contribution in [0.5, 0.6) is 5.75 Å². The van der Waals surface area contributed by atoms with Gasteiger partial charge < -0.3 is 14.8 Å². The maximum absolute atomic E-state index is 13.1. The number of ether oxygens (including phenoxy) is 2. The van der Waals surface area contributed by atoms with Crippen LogP contribution in [-0.4, -0.2) is 66.0 Å². The van der Waals surface area contributed by atoms with Crippen molar-refractivity contribution in [2.45, 2.75) is 44.4 Å². The van der Waals surface area contributed by atoms with Crippen LogP contribution in [0, 0.1) is 0 Å². The van der Waals surface area contributed by atoms with Crippen LogP contribution >= 0.6 is 0 Å². The molecule has 2 aliphatic heterocycles. The van der Waals surface area contributed by atoms with Gasteiger partial charge in [-0.15, -0.1) is 0 Å². The second-order valence-electron chi connectivity index (χ2n) is 9.52. The first-order chi connectivity index (χ1) is 17.1. The lowest BCUT2D eigenvalue weighted by Crippen LogP contribution is -2.46. The van der Waals surface area contributed by atoms with E-state index in [0.29, 0.717) is 41.9 Å². The van der Waals surface area contributed by atoms with E-state index in [1.165, 1.54) is 18.3 Å². The van der Waals surface area contributed by atoms with Crippen LogP contribution in [0.3, 0.4) is 0 Å². The van der Waals surface area contributed by atoms with Crippen molar-refractivity contribution < 1.29 is 31.5 Å². The van der Waals surface area contributed by atoms with E-state index < -0.39 is 27.9 Å². The molecule has 3 aromatic rings. The molecule has 1 aromatic carbocycles. The highest BCUT2D eigenvalue weighted by atomic mass is 32.2. The van der Waals surface area contributed by atoms with E-state index in [4.69, 9.17) is 9.84 Å². The fourth-order valence-electron chi connectivity index (χ4n) is 4.81. The molecule has 2 atom stereocenters. The number of hydrogen-bond acceptors (Lipinski definition) is 7. The van der Waals surface area contributed by atoms with Crippen LogP contribution in [0.4, 0.5) is 8.78 Å². The second kappa shape index (κ2) is 9.40. The summed E-state index contributed by atoms with van der Waals surface area (Å²) in [5.74, 6) is -0.500. The summed E-state index contributed by atoms with van der Waals surface area (Å²) in [6.07, 6.45) is 3.42. The number of pyridine rings is 1. The summed E-state index contributed by atoms with van der Waals surface area (Å²) in [5.41, 5.74) is 1.53. The minimum atomic E-state index is -3.19. The molecule has 1 unspecified atom stereocenters. The molecule has 0 saturated carbocycles. The summed E-state index contributed by atoms with van der Waals surface area (Å²) in [7, 11) is -3.19. The number of nitrogens with one attached hydrogen (secondary N) is 1. The molecular formula is C24H26F2N4O5S. The molecule has 1 N–H and O–H groups in total. The molecule has 4 heterocycles. The molecule has 12 heteroatoms. The highest BCUT2D eigenvalue weighted by Crippen LogP contribution is 2.33. The monoisotopic (exact) mass is 520 g/mol. The third kappa shape index (κ3) is 5.05. The molecular weight excluding hydrogens is 494 g/mol. The Bertz CT molecular complexity index is 1400. The summed E-state index contributed by atoms with van der Waals surface area (Å²) in [6, 6.07) is 7.82. The molecule has 2 aromatic heterocycles. The Balaban J connectivity index is 1.54. The van der Waals surface area contributed by atoms with Crippen molar-refractivity contribution in [2.75, 3.05) is 24.7 Å². The lowest BCUT2D eigenvalue weighted by atomic mass is 10.0. The first-order valence-electron chi connectivity index (χ1n) is 11.7. The maximum Gasteiger partial charge on any atom is 0.387 e. The van der Waals surface area contributed by atoms with Crippen LogP contribution < -0.4 is 10.1 Å². The van der Waals surface area contributed by atoms with E-state index in [0.717, 1.165) is 12.8 Å². The van der Waals surface area contributed by atoms with Crippen molar-refractivity contribution in [1.82, 2.24) is 20.1 Å². The third-order valence-electron chi connectivity index (χ3n) is 6.54. The number of aromatic nitrogens is 3. The second-order valence-corrected chi connectivity index (χ2v) is 11.7. The van der Waals surface area contributed by atoms with E-state index in [-0.39, 0.29) is 28.9 Å².